The number of nitrogens with one attached hydrogen (secondary N) is 1. The van der Waals surface area contributed by atoms with E-state index < -0.39 is 0 Å². The fourth-order valence-corrected chi connectivity index (χ4v) is 4.39. The number of piperidine rings is 1. The predicted molar refractivity (Wildman–Crippen MR) is 88.9 cm³/mol. The largest absolute Gasteiger partial charge is 0.367 e. The maximum absolute atomic E-state index is 13.1. The summed E-state index contributed by atoms with van der Waals surface area (Å²) in [6.45, 7) is 5.28. The summed E-state index contributed by atoms with van der Waals surface area (Å²) in [6.07, 6.45) is 3.11. The van der Waals surface area contributed by atoms with E-state index in [4.69, 9.17) is 4.74 Å². The Morgan fingerprint density at radius 1 is 1.25 bits per heavy atom. The number of morpholine rings is 1. The summed E-state index contributed by atoms with van der Waals surface area (Å²) in [5.41, 5.74) is 1.20. The molecule has 2 heterocycles. The number of hydrogen-bond donors (Lipinski definition) is 1. The van der Waals surface area contributed by atoms with Crippen molar-refractivity contribution in [1.82, 2.24) is 10.2 Å². The molecule has 1 amide bonds. The molecular formula is C19H25FN2O2. The SMILES string of the molecule is CC1CN(C(=O)C2CC23CCNCC3)CC(c2ccc(F)cc2)O1. The van der Waals surface area contributed by atoms with Gasteiger partial charge >= 0.3 is 0 Å². The third kappa shape index (κ3) is 2.95. The molecule has 1 saturated carbocycles. The van der Waals surface area contributed by atoms with Crippen LogP contribution >= 0.6 is 0 Å². The van der Waals surface area contributed by atoms with Crippen LogP contribution in [0.3, 0.4) is 0 Å². The first kappa shape index (κ1) is 16.0. The Kier molecular flexibility index (Phi) is 4.09. The zero-order valence-corrected chi connectivity index (χ0v) is 14.1. The van der Waals surface area contributed by atoms with Crippen LogP contribution in [0.15, 0.2) is 24.3 Å². The molecule has 3 fully saturated rings. The van der Waals surface area contributed by atoms with E-state index in [1.165, 1.54) is 12.1 Å². The second-order valence-electron chi connectivity index (χ2n) is 7.60. The Morgan fingerprint density at radius 2 is 1.96 bits per heavy atom. The molecule has 2 aliphatic heterocycles. The average Bonchev–Trinajstić information content (AvgIpc) is 3.27. The van der Waals surface area contributed by atoms with E-state index in [9.17, 15) is 9.18 Å². The first-order valence-corrected chi connectivity index (χ1v) is 8.98. The molecule has 1 aromatic carbocycles. The Bertz CT molecular complexity index is 612. The van der Waals surface area contributed by atoms with Crippen molar-refractivity contribution in [3.8, 4) is 0 Å². The van der Waals surface area contributed by atoms with E-state index in [1.54, 1.807) is 12.1 Å². The number of carbonyl (C=O) groups is 1. The molecule has 0 radical (unpaired) electrons. The van der Waals surface area contributed by atoms with Crippen LogP contribution in [0.2, 0.25) is 0 Å². The van der Waals surface area contributed by atoms with Gasteiger partial charge in [-0.1, -0.05) is 12.1 Å². The molecule has 3 unspecified atom stereocenters. The first-order valence-electron chi connectivity index (χ1n) is 8.98. The van der Waals surface area contributed by atoms with E-state index in [0.29, 0.717) is 19.0 Å². The Hall–Kier alpha value is -1.46. The van der Waals surface area contributed by atoms with Crippen LogP contribution in [-0.4, -0.2) is 43.1 Å². The van der Waals surface area contributed by atoms with Crippen molar-refractivity contribution in [3.05, 3.63) is 35.6 Å². The molecule has 5 heteroatoms. The second-order valence-corrected chi connectivity index (χ2v) is 7.60. The average molecular weight is 332 g/mol. The van der Waals surface area contributed by atoms with Gasteiger partial charge in [-0.3, -0.25) is 4.79 Å². The highest BCUT2D eigenvalue weighted by Crippen LogP contribution is 2.59. The first-order chi connectivity index (χ1) is 11.6. The molecule has 130 valence electrons. The van der Waals surface area contributed by atoms with Crippen LogP contribution in [0.4, 0.5) is 4.39 Å². The minimum atomic E-state index is -0.249. The van der Waals surface area contributed by atoms with Crippen LogP contribution in [0, 0.1) is 17.2 Å². The zero-order valence-electron chi connectivity index (χ0n) is 14.1. The lowest BCUT2D eigenvalue weighted by Gasteiger charge is -2.38. The molecule has 3 atom stereocenters. The van der Waals surface area contributed by atoms with Gasteiger partial charge in [0, 0.05) is 12.5 Å². The van der Waals surface area contributed by atoms with E-state index in [0.717, 1.165) is 37.9 Å². The summed E-state index contributed by atoms with van der Waals surface area (Å²) in [5.74, 6) is 0.235. The normalized spacial score (nSPS) is 31.9. The topological polar surface area (TPSA) is 41.6 Å². The lowest BCUT2D eigenvalue weighted by Crippen LogP contribution is -2.47. The van der Waals surface area contributed by atoms with Gasteiger partial charge in [0.15, 0.2) is 0 Å². The fourth-order valence-electron chi connectivity index (χ4n) is 4.39. The summed E-state index contributed by atoms with van der Waals surface area (Å²) in [7, 11) is 0. The standard InChI is InChI=1S/C19H25FN2O2/c1-13-11-22(12-17(24-13)14-2-4-15(20)5-3-14)18(23)16-10-19(16)6-8-21-9-7-19/h2-5,13,16-17,21H,6-12H2,1H3. The molecule has 1 spiro atoms. The van der Waals surface area contributed by atoms with Crippen molar-refractivity contribution >= 4 is 5.91 Å². The molecule has 1 aromatic rings. The lowest BCUT2D eigenvalue weighted by atomic mass is 9.91. The second kappa shape index (κ2) is 6.12. The van der Waals surface area contributed by atoms with Crippen LogP contribution in [-0.2, 0) is 9.53 Å². The summed E-state index contributed by atoms with van der Waals surface area (Å²) < 4.78 is 19.1. The summed E-state index contributed by atoms with van der Waals surface area (Å²) >= 11 is 0. The quantitative estimate of drug-likeness (QED) is 0.905. The van der Waals surface area contributed by atoms with Gasteiger partial charge in [-0.25, -0.2) is 4.39 Å². The molecule has 4 rings (SSSR count). The number of nitrogens with zero attached hydrogens (tertiary/aromatic N) is 1. The van der Waals surface area contributed by atoms with E-state index in [-0.39, 0.29) is 29.4 Å². The number of ether oxygens (including phenoxy) is 1. The minimum absolute atomic E-state index is 0.000440. The van der Waals surface area contributed by atoms with E-state index in [1.807, 2.05) is 11.8 Å². The molecule has 4 nitrogen and oxygen atoms in total. The van der Waals surface area contributed by atoms with Gasteiger partial charge in [-0.05, 0) is 62.4 Å². The number of benzene rings is 1. The molecule has 2 saturated heterocycles. The smallest absolute Gasteiger partial charge is 0.226 e. The Labute approximate surface area is 142 Å². The monoisotopic (exact) mass is 332 g/mol. The molecular weight excluding hydrogens is 307 g/mol. The molecule has 1 aliphatic carbocycles. The van der Waals surface area contributed by atoms with Gasteiger partial charge in [0.2, 0.25) is 5.91 Å². The van der Waals surface area contributed by atoms with E-state index >= 15 is 0 Å². The lowest BCUT2D eigenvalue weighted by molar-refractivity contribution is -0.147. The summed E-state index contributed by atoms with van der Waals surface area (Å²) in [5, 5.41) is 3.38. The van der Waals surface area contributed by atoms with Crippen LogP contribution in [0.1, 0.15) is 37.9 Å². The number of hydrogen-bond acceptors (Lipinski definition) is 3. The maximum Gasteiger partial charge on any atom is 0.226 e. The highest BCUT2D eigenvalue weighted by Gasteiger charge is 2.58. The Morgan fingerprint density at radius 3 is 2.67 bits per heavy atom. The summed E-state index contributed by atoms with van der Waals surface area (Å²) in [6, 6.07) is 6.42. The predicted octanol–water partition coefficient (Wildman–Crippen LogP) is 2.50. The highest BCUT2D eigenvalue weighted by atomic mass is 19.1. The van der Waals surface area contributed by atoms with Gasteiger partial charge in [0.05, 0.1) is 12.6 Å². The molecule has 24 heavy (non-hydrogen) atoms. The maximum atomic E-state index is 13.1. The van der Waals surface area contributed by atoms with Crippen molar-refractivity contribution in [2.24, 2.45) is 11.3 Å². The minimum Gasteiger partial charge on any atom is -0.367 e. The van der Waals surface area contributed by atoms with E-state index in [2.05, 4.69) is 5.32 Å². The third-order valence-corrected chi connectivity index (χ3v) is 5.90. The van der Waals surface area contributed by atoms with Crippen molar-refractivity contribution in [2.45, 2.75) is 38.4 Å². The Balaban J connectivity index is 1.45. The number of rotatable bonds is 2. The van der Waals surface area contributed by atoms with Crippen molar-refractivity contribution < 1.29 is 13.9 Å². The van der Waals surface area contributed by atoms with Gasteiger partial charge in [0.1, 0.15) is 11.9 Å². The number of halogens is 1. The van der Waals surface area contributed by atoms with Gasteiger partial charge in [-0.2, -0.15) is 0 Å². The zero-order chi connectivity index (χ0) is 16.7. The van der Waals surface area contributed by atoms with Crippen LogP contribution in [0.5, 0.6) is 0 Å². The van der Waals surface area contributed by atoms with Crippen molar-refractivity contribution in [3.63, 3.8) is 0 Å². The van der Waals surface area contributed by atoms with Crippen LogP contribution < -0.4 is 5.32 Å². The highest BCUT2D eigenvalue weighted by molar-refractivity contribution is 5.83. The summed E-state index contributed by atoms with van der Waals surface area (Å²) in [4.78, 5) is 15.0. The molecule has 0 bridgehead atoms. The fraction of sp³-hybridized carbons (Fsp3) is 0.632. The van der Waals surface area contributed by atoms with Gasteiger partial charge < -0.3 is 15.0 Å². The van der Waals surface area contributed by atoms with Gasteiger partial charge in [0.25, 0.3) is 0 Å². The number of amides is 1. The van der Waals surface area contributed by atoms with Crippen molar-refractivity contribution in [1.29, 1.82) is 0 Å². The van der Waals surface area contributed by atoms with Crippen LogP contribution in [0.25, 0.3) is 0 Å². The number of carbonyl (C=O) groups excluding carboxylic acids is 1. The molecule has 1 N–H and O–H groups in total. The third-order valence-electron chi connectivity index (χ3n) is 5.90. The van der Waals surface area contributed by atoms with Gasteiger partial charge in [-0.15, -0.1) is 0 Å². The molecule has 0 aromatic heterocycles. The molecule has 3 aliphatic rings. The van der Waals surface area contributed by atoms with Crippen molar-refractivity contribution in [2.75, 3.05) is 26.2 Å².